The Morgan fingerprint density at radius 1 is 1.19 bits per heavy atom. The highest BCUT2D eigenvalue weighted by atomic mass is 19.4. The molecule has 2 aliphatic heterocycles. The monoisotopic (exact) mass is 503 g/mol. The van der Waals surface area contributed by atoms with Gasteiger partial charge in [0.05, 0.1) is 36.2 Å². The average molecular weight is 504 g/mol. The van der Waals surface area contributed by atoms with Crippen LogP contribution in [0.25, 0.3) is 0 Å². The van der Waals surface area contributed by atoms with E-state index >= 15 is 0 Å². The van der Waals surface area contributed by atoms with Crippen molar-refractivity contribution in [3.8, 4) is 5.88 Å². The first-order valence-electron chi connectivity index (χ1n) is 12.1. The fourth-order valence-electron chi connectivity index (χ4n) is 5.02. The highest BCUT2D eigenvalue weighted by molar-refractivity contribution is 5.85. The number of carbonyl (C=O) groups is 2. The second-order valence-corrected chi connectivity index (χ2v) is 9.61. The number of rotatable bonds is 6. The van der Waals surface area contributed by atoms with E-state index in [9.17, 15) is 22.8 Å². The van der Waals surface area contributed by atoms with E-state index in [1.165, 1.54) is 19.2 Å². The lowest BCUT2D eigenvalue weighted by Gasteiger charge is -2.29. The third-order valence-corrected chi connectivity index (χ3v) is 7.05. The highest BCUT2D eigenvalue weighted by Crippen LogP contribution is 2.38. The molecule has 0 radical (unpaired) electrons. The first-order valence-corrected chi connectivity index (χ1v) is 12.1. The maximum absolute atomic E-state index is 13.4. The molecule has 5 rings (SSSR count). The van der Waals surface area contributed by atoms with E-state index < -0.39 is 17.8 Å². The molecule has 2 saturated heterocycles. The minimum Gasteiger partial charge on any atom is -0.471 e. The number of halogens is 3. The molecule has 2 aromatic rings. The lowest BCUT2D eigenvalue weighted by atomic mass is 10.0. The molecule has 11 heteroatoms. The van der Waals surface area contributed by atoms with Crippen LogP contribution in [0.5, 0.6) is 5.88 Å². The fraction of sp³-hybridized carbons (Fsp3) is 0.520. The average Bonchev–Trinajstić information content (AvgIpc) is 3.65. The molecular formula is C25H28F3N5O3. The molecule has 0 spiro atoms. The van der Waals surface area contributed by atoms with Crippen molar-refractivity contribution in [1.29, 1.82) is 0 Å². The van der Waals surface area contributed by atoms with E-state index in [1.807, 2.05) is 0 Å². The van der Waals surface area contributed by atoms with Crippen molar-refractivity contribution in [2.75, 3.05) is 26.7 Å². The smallest absolute Gasteiger partial charge is 0.416 e. The van der Waals surface area contributed by atoms with Gasteiger partial charge in [0.2, 0.25) is 17.7 Å². The van der Waals surface area contributed by atoms with Crippen LogP contribution in [0.1, 0.15) is 54.5 Å². The third kappa shape index (κ3) is 5.16. The van der Waals surface area contributed by atoms with Crippen LogP contribution < -0.4 is 10.1 Å². The lowest BCUT2D eigenvalue weighted by molar-refractivity contribution is -0.138. The van der Waals surface area contributed by atoms with Crippen LogP contribution in [0, 0.1) is 0 Å². The summed E-state index contributed by atoms with van der Waals surface area (Å²) in [7, 11) is 1.53. The number of nitrogens with one attached hydrogen (secondary N) is 1. The van der Waals surface area contributed by atoms with Crippen LogP contribution in [0.15, 0.2) is 36.7 Å². The first kappa shape index (κ1) is 24.5. The Kier molecular flexibility index (Phi) is 6.59. The zero-order valence-corrected chi connectivity index (χ0v) is 19.9. The van der Waals surface area contributed by atoms with Crippen LogP contribution in [0.3, 0.4) is 0 Å². The van der Waals surface area contributed by atoms with E-state index in [4.69, 9.17) is 4.74 Å². The molecule has 2 amide bonds. The molecule has 1 unspecified atom stereocenters. The number of alkyl halides is 3. The molecule has 36 heavy (non-hydrogen) atoms. The van der Waals surface area contributed by atoms with E-state index in [1.54, 1.807) is 22.2 Å². The summed E-state index contributed by atoms with van der Waals surface area (Å²) in [6.45, 7) is 0.885. The second kappa shape index (κ2) is 9.68. The van der Waals surface area contributed by atoms with Crippen LogP contribution in [0.2, 0.25) is 0 Å². The van der Waals surface area contributed by atoms with Gasteiger partial charge >= 0.3 is 6.18 Å². The minimum atomic E-state index is -4.51. The van der Waals surface area contributed by atoms with Crippen molar-refractivity contribution in [1.82, 2.24) is 25.1 Å². The molecule has 8 nitrogen and oxygen atoms in total. The second-order valence-electron chi connectivity index (χ2n) is 9.61. The Hall–Kier alpha value is -3.21. The van der Waals surface area contributed by atoms with E-state index in [-0.39, 0.29) is 49.0 Å². The van der Waals surface area contributed by atoms with Crippen molar-refractivity contribution in [2.24, 2.45) is 0 Å². The maximum atomic E-state index is 13.4. The van der Waals surface area contributed by atoms with Gasteiger partial charge in [0.15, 0.2) is 0 Å². The maximum Gasteiger partial charge on any atom is 0.416 e. The highest BCUT2D eigenvalue weighted by Gasteiger charge is 2.41. The zero-order chi connectivity index (χ0) is 25.4. The lowest BCUT2D eigenvalue weighted by Crippen LogP contribution is -2.44. The summed E-state index contributed by atoms with van der Waals surface area (Å²) in [5, 5.41) is 2.85. The number of nitrogens with zero attached hydrogens (tertiary/aromatic N) is 4. The van der Waals surface area contributed by atoms with Gasteiger partial charge in [0.1, 0.15) is 12.1 Å². The molecule has 3 aliphatic rings. The van der Waals surface area contributed by atoms with E-state index in [2.05, 4.69) is 15.3 Å². The number of hydrogen-bond acceptors (Lipinski definition) is 6. The van der Waals surface area contributed by atoms with Gasteiger partial charge in [-0.3, -0.25) is 14.6 Å². The first-order chi connectivity index (χ1) is 17.2. The number of ether oxygens (including phenoxy) is 1. The topological polar surface area (TPSA) is 87.7 Å². The van der Waals surface area contributed by atoms with E-state index in [0.717, 1.165) is 30.7 Å². The fourth-order valence-corrected chi connectivity index (χ4v) is 5.02. The normalized spacial score (nSPS) is 23.3. The van der Waals surface area contributed by atoms with Crippen molar-refractivity contribution in [3.05, 3.63) is 53.5 Å². The summed E-state index contributed by atoms with van der Waals surface area (Å²) in [4.78, 5) is 38.3. The summed E-state index contributed by atoms with van der Waals surface area (Å²) in [5.74, 6) is 0.463. The van der Waals surface area contributed by atoms with Gasteiger partial charge in [0, 0.05) is 31.8 Å². The van der Waals surface area contributed by atoms with Gasteiger partial charge in [-0.25, -0.2) is 4.98 Å². The van der Waals surface area contributed by atoms with Crippen molar-refractivity contribution in [2.45, 2.75) is 56.0 Å². The van der Waals surface area contributed by atoms with E-state index in [0.29, 0.717) is 24.8 Å². The summed E-state index contributed by atoms with van der Waals surface area (Å²) >= 11 is 0. The van der Waals surface area contributed by atoms with Crippen LogP contribution in [0.4, 0.5) is 13.2 Å². The Bertz CT molecular complexity index is 1120. The molecule has 192 valence electrons. The van der Waals surface area contributed by atoms with Crippen molar-refractivity contribution in [3.63, 3.8) is 0 Å². The van der Waals surface area contributed by atoms with Gasteiger partial charge < -0.3 is 19.9 Å². The standard InChI is InChI=1S/C25H28F3N5O3/c1-29-23(16-3-2-4-17(9-16)25(26,27)28)24(35)32-8-7-22(34)33-14-19(10-18(33)13-32)36-21-12-30-20(11-31-21)15-5-6-15/h2-4,9,11-12,15,18-19,23,29H,5-8,10,13-14H2,1H3/t18-,19-,23?/m1/s1. The number of aromatic nitrogens is 2. The SMILES string of the molecule is CNC(C(=O)N1CCC(=O)N2C[C@H](Oc3cnc(C4CC4)cn3)C[C@@H]2C1)c1cccc(C(F)(F)F)c1. The van der Waals surface area contributed by atoms with Crippen LogP contribution in [-0.4, -0.2) is 70.4 Å². The van der Waals surface area contributed by atoms with Gasteiger partial charge in [-0.2, -0.15) is 13.2 Å². The zero-order valence-electron chi connectivity index (χ0n) is 19.9. The molecule has 3 fully saturated rings. The number of carbonyl (C=O) groups excluding carboxylic acids is 2. The number of fused-ring (bicyclic) bond motifs is 1. The number of likely N-dealkylation sites (N-methyl/N-ethyl adjacent to an activating group) is 1. The Labute approximate surface area is 206 Å². The molecule has 3 atom stereocenters. The van der Waals surface area contributed by atoms with Crippen LogP contribution >= 0.6 is 0 Å². The molecule has 3 heterocycles. The third-order valence-electron chi connectivity index (χ3n) is 7.05. The van der Waals surface area contributed by atoms with Gasteiger partial charge in [0.25, 0.3) is 0 Å². The summed E-state index contributed by atoms with van der Waals surface area (Å²) in [6.07, 6.45) is 1.49. The van der Waals surface area contributed by atoms with Gasteiger partial charge in [-0.05, 0) is 37.6 Å². The Morgan fingerprint density at radius 2 is 2.00 bits per heavy atom. The summed E-state index contributed by atoms with van der Waals surface area (Å²) in [6, 6.07) is 3.56. The summed E-state index contributed by atoms with van der Waals surface area (Å²) in [5.41, 5.74) is 0.381. The molecule has 1 N–H and O–H groups in total. The number of hydrogen-bond donors (Lipinski definition) is 1. The molecule has 1 saturated carbocycles. The van der Waals surface area contributed by atoms with Crippen molar-refractivity contribution < 1.29 is 27.5 Å². The Balaban J connectivity index is 1.27. The van der Waals surface area contributed by atoms with Crippen LogP contribution in [-0.2, 0) is 15.8 Å². The summed E-state index contributed by atoms with van der Waals surface area (Å²) < 4.78 is 45.6. The predicted octanol–water partition coefficient (Wildman–Crippen LogP) is 2.91. The van der Waals surface area contributed by atoms with Gasteiger partial charge in [-0.1, -0.05) is 12.1 Å². The molecular weight excluding hydrogens is 475 g/mol. The Morgan fingerprint density at radius 3 is 2.67 bits per heavy atom. The quantitative estimate of drug-likeness (QED) is 0.653. The number of amides is 2. The molecule has 1 aliphatic carbocycles. The number of benzene rings is 1. The largest absolute Gasteiger partial charge is 0.471 e. The molecule has 1 aromatic heterocycles. The molecule has 1 aromatic carbocycles. The van der Waals surface area contributed by atoms with Gasteiger partial charge in [-0.15, -0.1) is 0 Å². The predicted molar refractivity (Wildman–Crippen MR) is 123 cm³/mol. The molecule has 0 bridgehead atoms. The minimum absolute atomic E-state index is 0.0726. The van der Waals surface area contributed by atoms with Crippen molar-refractivity contribution >= 4 is 11.8 Å².